The van der Waals surface area contributed by atoms with Crippen LogP contribution >= 0.6 is 0 Å². The van der Waals surface area contributed by atoms with Gasteiger partial charge in [0.1, 0.15) is 11.5 Å². The molecule has 39 heavy (non-hydrogen) atoms. The maximum absolute atomic E-state index is 14.5. The third kappa shape index (κ3) is 6.77. The van der Waals surface area contributed by atoms with Crippen molar-refractivity contribution in [3.63, 3.8) is 0 Å². The number of alkyl halides is 6. The van der Waals surface area contributed by atoms with Crippen LogP contribution < -0.4 is 0 Å². The topological polar surface area (TPSA) is 174 Å². The van der Waals surface area contributed by atoms with Crippen LogP contribution in [-0.4, -0.2) is 68.0 Å². The Morgan fingerprint density at radius 3 is 1.28 bits per heavy atom. The van der Waals surface area contributed by atoms with Gasteiger partial charge in [0.25, 0.3) is 11.8 Å². The van der Waals surface area contributed by atoms with Crippen LogP contribution in [0.2, 0.25) is 0 Å². The number of carboxylic acid groups (broad SMARTS) is 2. The normalized spacial score (nSPS) is 19.1. The van der Waals surface area contributed by atoms with Gasteiger partial charge in [-0.25, -0.2) is 19.6 Å². The van der Waals surface area contributed by atoms with Crippen molar-refractivity contribution in [2.75, 3.05) is 0 Å². The number of carbonyl (C=O) groups is 4. The van der Waals surface area contributed by atoms with E-state index in [1.165, 1.54) is 0 Å². The number of hydrogen-bond acceptors (Lipinski definition) is 6. The Labute approximate surface area is 213 Å². The maximum atomic E-state index is 14.5. The highest BCUT2D eigenvalue weighted by Crippen LogP contribution is 2.62. The van der Waals surface area contributed by atoms with Crippen molar-refractivity contribution in [3.05, 3.63) is 71.3 Å². The molecular formula is C23H16F6N2O8. The van der Waals surface area contributed by atoms with Gasteiger partial charge >= 0.3 is 24.3 Å². The highest BCUT2D eigenvalue weighted by molar-refractivity contribution is 6.09. The molecule has 2 amide bonds. The van der Waals surface area contributed by atoms with Crippen molar-refractivity contribution < 1.29 is 65.9 Å². The van der Waals surface area contributed by atoms with Crippen molar-refractivity contribution in [3.8, 4) is 0 Å². The van der Waals surface area contributed by atoms with Gasteiger partial charge in [0.2, 0.25) is 5.41 Å². The van der Waals surface area contributed by atoms with E-state index in [1.807, 2.05) is 0 Å². The van der Waals surface area contributed by atoms with Gasteiger partial charge in [-0.1, -0.05) is 0 Å². The standard InChI is InChI=1S/C23H16F6N2O8/c24-22(25,26)21(23(27,28)29,13-9-11(1-3-15(13)32)30-17(34)5-7-19(36)37)14-10-12(2-4-16(14)33)31-18(35)6-8-20(38)39/h3-10,32-33H,1-2H2,(H,36,37)(H,38,39). The number of aliphatic imine (C=N–C) groups is 2. The first kappa shape index (κ1) is 30.5. The van der Waals surface area contributed by atoms with Gasteiger partial charge in [-0.05, 0) is 24.3 Å². The van der Waals surface area contributed by atoms with Gasteiger partial charge in [0, 0.05) is 59.7 Å². The predicted octanol–water partition coefficient (Wildman–Crippen LogP) is 3.86. The fourth-order valence-corrected chi connectivity index (χ4v) is 3.54. The minimum atomic E-state index is -6.32. The molecule has 0 unspecified atom stereocenters. The van der Waals surface area contributed by atoms with E-state index in [0.717, 1.165) is 0 Å². The number of nitrogens with zero attached hydrogens (tertiary/aromatic N) is 2. The Balaban J connectivity index is 2.86. The minimum Gasteiger partial charge on any atom is -0.508 e. The Kier molecular flexibility index (Phi) is 8.84. The summed E-state index contributed by atoms with van der Waals surface area (Å²) in [6.07, 6.45) is -11.2. The molecule has 0 radical (unpaired) electrons. The minimum absolute atomic E-state index is 0.128. The molecule has 2 aliphatic rings. The lowest BCUT2D eigenvalue weighted by Crippen LogP contribution is -2.54. The van der Waals surface area contributed by atoms with Crippen LogP contribution in [0.15, 0.2) is 81.3 Å². The van der Waals surface area contributed by atoms with E-state index in [9.17, 15) is 55.7 Å². The molecule has 0 aromatic rings. The fraction of sp³-hybridized carbons (Fsp3) is 0.217. The summed E-state index contributed by atoms with van der Waals surface area (Å²) in [5.74, 6) is -8.90. The number of carboxylic acids is 2. The van der Waals surface area contributed by atoms with Gasteiger partial charge in [-0.2, -0.15) is 26.3 Å². The Morgan fingerprint density at radius 1 is 0.667 bits per heavy atom. The third-order valence-corrected chi connectivity index (χ3v) is 5.09. The van der Waals surface area contributed by atoms with E-state index in [2.05, 4.69) is 9.98 Å². The lowest BCUT2D eigenvalue weighted by Gasteiger charge is -2.41. The summed E-state index contributed by atoms with van der Waals surface area (Å²) in [7, 11) is 0. The molecule has 0 saturated carbocycles. The summed E-state index contributed by atoms with van der Waals surface area (Å²) >= 11 is 0. The first-order valence-corrected chi connectivity index (χ1v) is 10.3. The van der Waals surface area contributed by atoms with Crippen molar-refractivity contribution in [2.24, 2.45) is 15.4 Å². The lowest BCUT2D eigenvalue weighted by molar-refractivity contribution is -0.310. The molecule has 0 fully saturated rings. The summed E-state index contributed by atoms with van der Waals surface area (Å²) < 4.78 is 87.2. The summed E-state index contributed by atoms with van der Waals surface area (Å²) in [5, 5.41) is 37.5. The molecule has 10 nitrogen and oxygen atoms in total. The largest absolute Gasteiger partial charge is 0.508 e. The van der Waals surface area contributed by atoms with Crippen molar-refractivity contribution in [2.45, 2.75) is 25.2 Å². The van der Waals surface area contributed by atoms with E-state index in [0.29, 0.717) is 36.5 Å². The first-order valence-electron chi connectivity index (χ1n) is 10.3. The molecule has 0 bridgehead atoms. The molecule has 2 aliphatic carbocycles. The highest BCUT2D eigenvalue weighted by Gasteiger charge is 2.75. The number of rotatable bonds is 6. The lowest BCUT2D eigenvalue weighted by atomic mass is 9.67. The Bertz CT molecular complexity index is 1240. The summed E-state index contributed by atoms with van der Waals surface area (Å²) in [6.45, 7) is 0. The van der Waals surface area contributed by atoms with E-state index in [1.54, 1.807) is 0 Å². The Hall–Kier alpha value is -4.76. The monoisotopic (exact) mass is 562 g/mol. The molecule has 0 heterocycles. The number of amides is 2. The zero-order valence-corrected chi connectivity index (χ0v) is 19.1. The summed E-state index contributed by atoms with van der Waals surface area (Å²) in [4.78, 5) is 51.2. The molecule has 0 atom stereocenters. The smallest absolute Gasteiger partial charge is 0.411 e. The second kappa shape index (κ2) is 11.3. The Morgan fingerprint density at radius 2 is 1.00 bits per heavy atom. The average molecular weight is 562 g/mol. The van der Waals surface area contributed by atoms with Crippen LogP contribution in [0.1, 0.15) is 12.8 Å². The van der Waals surface area contributed by atoms with Gasteiger partial charge in [0.15, 0.2) is 0 Å². The van der Waals surface area contributed by atoms with Crippen molar-refractivity contribution in [1.82, 2.24) is 0 Å². The number of halogens is 6. The molecule has 0 aliphatic heterocycles. The second-order valence-electron chi connectivity index (χ2n) is 7.67. The quantitative estimate of drug-likeness (QED) is 0.279. The number of hydrogen-bond donors (Lipinski definition) is 4. The van der Waals surface area contributed by atoms with E-state index < -0.39 is 88.5 Å². The van der Waals surface area contributed by atoms with Crippen LogP contribution in [-0.2, 0) is 19.2 Å². The zero-order valence-electron chi connectivity index (χ0n) is 19.1. The fourth-order valence-electron chi connectivity index (χ4n) is 3.54. The van der Waals surface area contributed by atoms with Gasteiger partial charge < -0.3 is 20.4 Å². The summed E-state index contributed by atoms with van der Waals surface area (Å²) in [5.41, 5.74) is -10.4. The first-order chi connectivity index (χ1) is 17.9. The molecule has 0 spiro atoms. The number of allylic oxidation sites excluding steroid dienone is 6. The van der Waals surface area contributed by atoms with E-state index >= 15 is 0 Å². The maximum Gasteiger partial charge on any atom is 0.411 e. The molecule has 4 N–H and O–H groups in total. The van der Waals surface area contributed by atoms with Gasteiger partial charge in [0.05, 0.1) is 0 Å². The molecule has 0 aromatic heterocycles. The second-order valence-corrected chi connectivity index (χ2v) is 7.67. The van der Waals surface area contributed by atoms with Crippen LogP contribution in [0.5, 0.6) is 0 Å². The average Bonchev–Trinajstić information content (AvgIpc) is 2.79. The zero-order chi connectivity index (χ0) is 29.8. The number of aliphatic hydroxyl groups excluding tert-OH is 2. The van der Waals surface area contributed by atoms with Crippen LogP contribution in [0, 0.1) is 5.41 Å². The number of aliphatic carboxylic acids is 2. The molecule has 208 valence electrons. The highest BCUT2D eigenvalue weighted by atomic mass is 19.4. The van der Waals surface area contributed by atoms with Gasteiger partial charge in [-0.3, -0.25) is 9.59 Å². The molecule has 16 heteroatoms. The third-order valence-electron chi connectivity index (χ3n) is 5.09. The SMILES string of the molecule is O=C(O)C=CC(=O)N=C1C=C(C(C2=CC(=NC(=O)C=CC(=O)O)CC=C2O)(C(F)(F)F)C(F)(F)F)C(O)=CC1. The molecule has 0 saturated heterocycles. The number of aliphatic hydroxyl groups is 2. The molecule has 2 rings (SSSR count). The van der Waals surface area contributed by atoms with Crippen LogP contribution in [0.3, 0.4) is 0 Å². The van der Waals surface area contributed by atoms with Crippen LogP contribution in [0.4, 0.5) is 26.3 Å². The van der Waals surface area contributed by atoms with Crippen molar-refractivity contribution >= 4 is 35.2 Å². The van der Waals surface area contributed by atoms with Crippen molar-refractivity contribution in [1.29, 1.82) is 0 Å². The molecule has 0 aromatic carbocycles. The van der Waals surface area contributed by atoms with Crippen LogP contribution in [0.25, 0.3) is 0 Å². The molecular weight excluding hydrogens is 546 g/mol. The summed E-state index contributed by atoms with van der Waals surface area (Å²) in [6, 6.07) is 0. The van der Waals surface area contributed by atoms with E-state index in [4.69, 9.17) is 10.2 Å². The van der Waals surface area contributed by atoms with Gasteiger partial charge in [-0.15, -0.1) is 0 Å². The predicted molar refractivity (Wildman–Crippen MR) is 120 cm³/mol. The van der Waals surface area contributed by atoms with E-state index in [-0.39, 0.29) is 12.2 Å². The number of carbonyl (C=O) groups excluding carboxylic acids is 2.